The molecule has 3 atom stereocenters. The van der Waals surface area contributed by atoms with Gasteiger partial charge in [0.2, 0.25) is 5.91 Å². The minimum atomic E-state index is -3.45. The van der Waals surface area contributed by atoms with Crippen molar-refractivity contribution in [3.63, 3.8) is 0 Å². The first-order valence-corrected chi connectivity index (χ1v) is 14.6. The zero-order valence-electron chi connectivity index (χ0n) is 22.9. The van der Waals surface area contributed by atoms with E-state index in [0.29, 0.717) is 43.4 Å². The lowest BCUT2D eigenvalue weighted by atomic mass is 9.87. The lowest BCUT2D eigenvalue weighted by Crippen LogP contribution is -2.66. The summed E-state index contributed by atoms with van der Waals surface area (Å²) in [6, 6.07) is 2.69. The van der Waals surface area contributed by atoms with Gasteiger partial charge in [0.25, 0.3) is 0 Å². The summed E-state index contributed by atoms with van der Waals surface area (Å²) >= 11 is 0. The molecule has 3 aliphatic heterocycles. The normalized spacial score (nSPS) is 26.7. The van der Waals surface area contributed by atoms with E-state index >= 15 is 0 Å². The number of anilines is 3. The second-order valence-electron chi connectivity index (χ2n) is 11.5. The van der Waals surface area contributed by atoms with Gasteiger partial charge < -0.3 is 19.4 Å². The number of carbonyl (C=O) groups excluding carboxylic acids is 1. The van der Waals surface area contributed by atoms with Crippen LogP contribution < -0.4 is 14.5 Å². The number of sulfone groups is 1. The number of hydrogen-bond donors (Lipinski definition) is 0. The summed E-state index contributed by atoms with van der Waals surface area (Å²) in [5.74, 6) is 0.628. The van der Waals surface area contributed by atoms with E-state index in [4.69, 9.17) is 0 Å². The minimum Gasteiger partial charge on any atom is -0.432 e. The van der Waals surface area contributed by atoms with Gasteiger partial charge in [0.1, 0.15) is 28.8 Å². The van der Waals surface area contributed by atoms with Crippen LogP contribution in [0.3, 0.4) is 0 Å². The van der Waals surface area contributed by atoms with Gasteiger partial charge in [-0.15, -0.1) is 0 Å². The highest BCUT2D eigenvalue weighted by molar-refractivity contribution is 7.95. The Morgan fingerprint density at radius 1 is 1.15 bits per heavy atom. The van der Waals surface area contributed by atoms with Crippen LogP contribution in [0.15, 0.2) is 18.6 Å². The molecule has 14 heteroatoms. The largest absolute Gasteiger partial charge is 0.432 e. The third kappa shape index (κ3) is 4.31. The molecule has 0 spiro atoms. The van der Waals surface area contributed by atoms with Crippen LogP contribution in [0.5, 0.6) is 5.75 Å². The molecule has 0 aromatic carbocycles. The molecule has 0 bridgehead atoms. The number of aromatic nitrogens is 3. The van der Waals surface area contributed by atoms with Gasteiger partial charge >= 0.3 is 6.61 Å². The Balaban J connectivity index is 1.47. The summed E-state index contributed by atoms with van der Waals surface area (Å²) in [6.07, 6.45) is 3.19. The molecule has 2 saturated heterocycles. The molecule has 5 heterocycles. The van der Waals surface area contributed by atoms with Crippen LogP contribution >= 0.6 is 0 Å². The first-order valence-electron chi connectivity index (χ1n) is 13.0. The molecule has 0 N–H and O–H groups in total. The molecular formula is C26H31F2N7O4S. The number of alkyl halides is 2. The third-order valence-electron chi connectivity index (χ3n) is 8.27. The first kappa shape index (κ1) is 27.9. The minimum absolute atomic E-state index is 0.0301. The number of nitrogens with zero attached hydrogens (tertiary/aromatic N) is 7. The molecule has 5 rings (SSSR count). The topological polar surface area (TPSA) is 133 Å². The molecule has 1 amide bonds. The number of hydrogen-bond acceptors (Lipinski definition) is 10. The monoisotopic (exact) mass is 575 g/mol. The molecule has 0 saturated carbocycles. The van der Waals surface area contributed by atoms with E-state index in [-0.39, 0.29) is 35.2 Å². The van der Waals surface area contributed by atoms with E-state index in [1.807, 2.05) is 32.6 Å². The Morgan fingerprint density at radius 2 is 1.85 bits per heavy atom. The average molecular weight is 576 g/mol. The van der Waals surface area contributed by atoms with Crippen molar-refractivity contribution in [3.05, 3.63) is 29.8 Å². The molecule has 11 nitrogen and oxygen atoms in total. The number of rotatable bonds is 5. The molecule has 40 heavy (non-hydrogen) atoms. The van der Waals surface area contributed by atoms with Gasteiger partial charge in [-0.05, 0) is 27.2 Å². The lowest BCUT2D eigenvalue weighted by Gasteiger charge is -2.49. The zero-order chi connectivity index (χ0) is 29.2. The summed E-state index contributed by atoms with van der Waals surface area (Å²) in [6.45, 7) is 7.55. The van der Waals surface area contributed by atoms with Crippen molar-refractivity contribution in [2.24, 2.45) is 0 Å². The fourth-order valence-electron chi connectivity index (χ4n) is 5.83. The number of halogens is 2. The Morgan fingerprint density at radius 3 is 2.45 bits per heavy atom. The summed E-state index contributed by atoms with van der Waals surface area (Å²) < 4.78 is 54.0. The SMILES string of the molecule is C[C@@H]1CN(c2ncnc3c2C(C)(C)CN3c2cnc(C#N)c(OC(F)F)c2)[C@@H](C)CN1C(=O)C1(C)CCS1(=O)=O. The molecule has 214 valence electrons. The molecule has 1 unspecified atom stereocenters. The van der Waals surface area contributed by atoms with E-state index in [0.717, 1.165) is 5.56 Å². The zero-order valence-corrected chi connectivity index (χ0v) is 23.7. The molecule has 2 fully saturated rings. The second kappa shape index (κ2) is 9.50. The first-order chi connectivity index (χ1) is 18.7. The van der Waals surface area contributed by atoms with Gasteiger partial charge in [0, 0.05) is 48.8 Å². The van der Waals surface area contributed by atoms with Crippen LogP contribution in [0.2, 0.25) is 0 Å². The van der Waals surface area contributed by atoms with Crippen LogP contribution in [0, 0.1) is 11.3 Å². The molecule has 2 aromatic rings. The van der Waals surface area contributed by atoms with E-state index in [9.17, 15) is 27.3 Å². The van der Waals surface area contributed by atoms with Crippen molar-refractivity contribution < 1.29 is 26.7 Å². The van der Waals surface area contributed by atoms with Gasteiger partial charge in [-0.1, -0.05) is 13.8 Å². The van der Waals surface area contributed by atoms with E-state index in [1.54, 1.807) is 11.0 Å². The molecular weight excluding hydrogens is 544 g/mol. The average Bonchev–Trinajstić information content (AvgIpc) is 3.18. The summed E-state index contributed by atoms with van der Waals surface area (Å²) in [5, 5.41) is 9.26. The smallest absolute Gasteiger partial charge is 0.387 e. The van der Waals surface area contributed by atoms with Gasteiger partial charge in [-0.2, -0.15) is 14.0 Å². The van der Waals surface area contributed by atoms with E-state index < -0.39 is 26.6 Å². The maximum absolute atomic E-state index is 13.4. The predicted octanol–water partition coefficient (Wildman–Crippen LogP) is 2.78. The number of amides is 1. The Kier molecular flexibility index (Phi) is 6.64. The van der Waals surface area contributed by atoms with Crippen LogP contribution in [-0.4, -0.2) is 83.0 Å². The van der Waals surface area contributed by atoms with Crippen LogP contribution in [0.1, 0.15) is 52.3 Å². The van der Waals surface area contributed by atoms with Gasteiger partial charge in [-0.25, -0.2) is 23.4 Å². The van der Waals surface area contributed by atoms with Crippen molar-refractivity contribution in [2.45, 2.75) is 69.9 Å². The fraction of sp³-hybridized carbons (Fsp3) is 0.577. The number of nitriles is 1. The quantitative estimate of drug-likeness (QED) is 0.524. The summed E-state index contributed by atoms with van der Waals surface area (Å²) in [5.41, 5.74) is 0.582. The number of fused-ring (bicyclic) bond motifs is 1. The van der Waals surface area contributed by atoms with Crippen molar-refractivity contribution in [1.29, 1.82) is 5.26 Å². The van der Waals surface area contributed by atoms with Crippen molar-refractivity contribution in [3.8, 4) is 11.8 Å². The maximum atomic E-state index is 13.4. The van der Waals surface area contributed by atoms with Crippen molar-refractivity contribution in [2.75, 3.05) is 35.2 Å². The maximum Gasteiger partial charge on any atom is 0.387 e. The standard InChI is InChI=1S/C26H31F2N7O4S/c1-15-12-34(23(36)26(5)6-7-40(26,37)38)16(2)11-33(15)21-20-22(32-14-31-21)35(13-25(20,3)4)17-8-19(39-24(27)28)18(9-29)30-10-17/h8,10,14-16,24H,6-7,11-13H2,1-5H3/t15-,16+,26?/m0/s1. The Hall–Kier alpha value is -3.60. The molecule has 0 aliphatic carbocycles. The van der Waals surface area contributed by atoms with Crippen molar-refractivity contribution in [1.82, 2.24) is 19.9 Å². The highest BCUT2D eigenvalue weighted by atomic mass is 32.2. The van der Waals surface area contributed by atoms with Gasteiger partial charge in [0.05, 0.1) is 17.6 Å². The highest BCUT2D eigenvalue weighted by Crippen LogP contribution is 2.48. The van der Waals surface area contributed by atoms with Crippen LogP contribution in [0.4, 0.5) is 26.1 Å². The van der Waals surface area contributed by atoms with Gasteiger partial charge in [-0.3, -0.25) is 4.79 Å². The summed E-state index contributed by atoms with van der Waals surface area (Å²) in [4.78, 5) is 32.2. The molecule has 3 aliphatic rings. The van der Waals surface area contributed by atoms with E-state index in [2.05, 4.69) is 24.6 Å². The number of pyridine rings is 1. The lowest BCUT2D eigenvalue weighted by molar-refractivity contribution is -0.137. The second-order valence-corrected chi connectivity index (χ2v) is 14.0. The van der Waals surface area contributed by atoms with E-state index in [1.165, 1.54) is 25.5 Å². The van der Waals surface area contributed by atoms with Gasteiger partial charge in [0.15, 0.2) is 21.3 Å². The molecule has 2 aromatic heterocycles. The number of ether oxygens (including phenoxy) is 1. The predicted molar refractivity (Wildman–Crippen MR) is 142 cm³/mol. The fourth-order valence-corrected chi connectivity index (χ4v) is 7.37. The number of piperazine rings is 1. The Labute approximate surface area is 231 Å². The van der Waals surface area contributed by atoms with Crippen LogP contribution in [0.25, 0.3) is 0 Å². The van der Waals surface area contributed by atoms with Crippen molar-refractivity contribution >= 4 is 33.1 Å². The Bertz CT molecular complexity index is 1510. The van der Waals surface area contributed by atoms with Crippen LogP contribution in [-0.2, 0) is 20.0 Å². The third-order valence-corrected chi connectivity index (χ3v) is 10.8. The number of carbonyl (C=O) groups is 1. The highest BCUT2D eigenvalue weighted by Gasteiger charge is 2.57. The molecule has 0 radical (unpaired) electrons. The summed E-state index contributed by atoms with van der Waals surface area (Å²) in [7, 11) is -3.45.